The maximum absolute atomic E-state index is 8.75. The molecule has 0 aliphatic rings. The number of rotatable bonds is 2. The molecule has 0 aliphatic heterocycles. The van der Waals surface area contributed by atoms with Gasteiger partial charge >= 0.3 is 0 Å². The number of aromatic nitrogens is 1. The van der Waals surface area contributed by atoms with Gasteiger partial charge in [-0.05, 0) is 11.6 Å². The van der Waals surface area contributed by atoms with E-state index in [4.69, 9.17) is 21.8 Å². The zero-order valence-corrected chi connectivity index (χ0v) is 6.94. The molecule has 0 saturated heterocycles. The van der Waals surface area contributed by atoms with Crippen LogP contribution in [-0.2, 0) is 0 Å². The van der Waals surface area contributed by atoms with E-state index in [9.17, 15) is 0 Å². The number of pyridine rings is 1. The van der Waals surface area contributed by atoms with Crippen molar-refractivity contribution in [2.24, 2.45) is 5.73 Å². The summed E-state index contributed by atoms with van der Waals surface area (Å²) in [6.07, 6.45) is 1.46. The second kappa shape index (κ2) is 3.85. The fourth-order valence-electron chi connectivity index (χ4n) is 0.889. The molecule has 1 heterocycles. The van der Waals surface area contributed by atoms with Crippen molar-refractivity contribution in [3.05, 3.63) is 23.4 Å². The minimum Gasteiger partial charge on any atom is -0.394 e. The second-order valence-corrected chi connectivity index (χ2v) is 2.60. The Bertz CT molecular complexity index is 344. The number of aliphatic hydroxyl groups excluding tert-OH is 1. The summed E-state index contributed by atoms with van der Waals surface area (Å²) in [4.78, 5) is 3.78. The summed E-state index contributed by atoms with van der Waals surface area (Å²) in [7, 11) is 0. The van der Waals surface area contributed by atoms with Crippen molar-refractivity contribution in [2.45, 2.75) is 6.04 Å². The monoisotopic (exact) mass is 178 g/mol. The Hall–Kier alpha value is -1.64. The molecular formula is C8H10N4O. The lowest BCUT2D eigenvalue weighted by molar-refractivity contribution is 0.268. The van der Waals surface area contributed by atoms with Crippen LogP contribution in [0.25, 0.3) is 0 Å². The van der Waals surface area contributed by atoms with Gasteiger partial charge in [0.25, 0.3) is 0 Å². The highest BCUT2D eigenvalue weighted by Gasteiger charge is 2.07. The standard InChI is InChI=1S/C8H10N4O/c9-2-5-1-6(7(10)4-13)3-12-8(5)11/h1,3,7,13H,4,10H2,(H2,11,12)/t7-/m0/s1. The highest BCUT2D eigenvalue weighted by atomic mass is 16.3. The maximum Gasteiger partial charge on any atom is 0.141 e. The minimum atomic E-state index is -0.514. The Morgan fingerprint density at radius 1 is 1.69 bits per heavy atom. The van der Waals surface area contributed by atoms with Gasteiger partial charge in [0.2, 0.25) is 0 Å². The Labute approximate surface area is 75.6 Å². The molecular weight excluding hydrogens is 168 g/mol. The maximum atomic E-state index is 8.75. The summed E-state index contributed by atoms with van der Waals surface area (Å²) in [5.74, 6) is 0.177. The van der Waals surface area contributed by atoms with Crippen molar-refractivity contribution < 1.29 is 5.11 Å². The van der Waals surface area contributed by atoms with Gasteiger partial charge in [0.1, 0.15) is 11.9 Å². The lowest BCUT2D eigenvalue weighted by atomic mass is 10.1. The van der Waals surface area contributed by atoms with Crippen LogP contribution in [0, 0.1) is 11.3 Å². The lowest BCUT2D eigenvalue weighted by Gasteiger charge is -2.08. The summed E-state index contributed by atoms with van der Waals surface area (Å²) in [5.41, 5.74) is 11.8. The molecule has 0 fully saturated rings. The molecule has 68 valence electrons. The third-order valence-corrected chi connectivity index (χ3v) is 1.68. The van der Waals surface area contributed by atoms with Crippen LogP contribution in [0.15, 0.2) is 12.3 Å². The average molecular weight is 178 g/mol. The first kappa shape index (κ1) is 9.45. The van der Waals surface area contributed by atoms with E-state index in [1.807, 2.05) is 6.07 Å². The van der Waals surface area contributed by atoms with Gasteiger partial charge in [0, 0.05) is 6.20 Å². The summed E-state index contributed by atoms with van der Waals surface area (Å²) in [6.45, 7) is -0.184. The molecule has 0 aliphatic carbocycles. The molecule has 0 saturated carbocycles. The Morgan fingerprint density at radius 3 is 2.92 bits per heavy atom. The fraction of sp³-hybridized carbons (Fsp3) is 0.250. The molecule has 0 unspecified atom stereocenters. The van der Waals surface area contributed by atoms with E-state index >= 15 is 0 Å². The SMILES string of the molecule is N#Cc1cc([C@@H](N)CO)cnc1N. The summed E-state index contributed by atoms with van der Waals surface area (Å²) in [5, 5.41) is 17.4. The molecule has 1 aromatic heterocycles. The normalized spacial score (nSPS) is 12.1. The molecule has 0 amide bonds. The number of nitriles is 1. The van der Waals surface area contributed by atoms with Gasteiger partial charge in [-0.2, -0.15) is 5.26 Å². The smallest absolute Gasteiger partial charge is 0.141 e. The zero-order chi connectivity index (χ0) is 9.84. The molecule has 0 spiro atoms. The highest BCUT2D eigenvalue weighted by Crippen LogP contribution is 2.14. The Balaban J connectivity index is 3.08. The third-order valence-electron chi connectivity index (χ3n) is 1.68. The molecule has 5 heteroatoms. The summed E-state index contributed by atoms with van der Waals surface area (Å²) in [6, 6.07) is 2.91. The van der Waals surface area contributed by atoms with Gasteiger partial charge < -0.3 is 16.6 Å². The first-order valence-corrected chi connectivity index (χ1v) is 3.71. The molecule has 0 bridgehead atoms. The van der Waals surface area contributed by atoms with E-state index < -0.39 is 6.04 Å². The molecule has 0 radical (unpaired) electrons. The number of nitrogens with two attached hydrogens (primary N) is 2. The molecule has 0 aromatic carbocycles. The Morgan fingerprint density at radius 2 is 2.38 bits per heavy atom. The van der Waals surface area contributed by atoms with Crippen molar-refractivity contribution in [1.29, 1.82) is 5.26 Å². The van der Waals surface area contributed by atoms with Crippen molar-refractivity contribution in [3.8, 4) is 6.07 Å². The van der Waals surface area contributed by atoms with E-state index in [1.165, 1.54) is 12.3 Å². The van der Waals surface area contributed by atoms with Crippen LogP contribution in [-0.4, -0.2) is 16.7 Å². The highest BCUT2D eigenvalue weighted by molar-refractivity contribution is 5.49. The summed E-state index contributed by atoms with van der Waals surface area (Å²) < 4.78 is 0. The number of hydrogen-bond acceptors (Lipinski definition) is 5. The first-order valence-electron chi connectivity index (χ1n) is 3.71. The van der Waals surface area contributed by atoms with Crippen LogP contribution in [0.3, 0.4) is 0 Å². The van der Waals surface area contributed by atoms with E-state index in [0.717, 1.165) is 0 Å². The molecule has 13 heavy (non-hydrogen) atoms. The van der Waals surface area contributed by atoms with Crippen molar-refractivity contribution >= 4 is 5.82 Å². The van der Waals surface area contributed by atoms with Gasteiger partial charge in [0.15, 0.2) is 0 Å². The predicted octanol–water partition coefficient (Wildman–Crippen LogP) is -0.472. The molecule has 1 atom stereocenters. The van der Waals surface area contributed by atoms with E-state index in [-0.39, 0.29) is 18.0 Å². The van der Waals surface area contributed by atoms with E-state index in [0.29, 0.717) is 5.56 Å². The predicted molar refractivity (Wildman–Crippen MR) is 47.4 cm³/mol. The van der Waals surface area contributed by atoms with Crippen LogP contribution < -0.4 is 11.5 Å². The van der Waals surface area contributed by atoms with Gasteiger partial charge in [-0.3, -0.25) is 0 Å². The molecule has 1 rings (SSSR count). The third kappa shape index (κ3) is 1.93. The minimum absolute atomic E-state index is 0.177. The number of anilines is 1. The lowest BCUT2D eigenvalue weighted by Crippen LogP contribution is -2.15. The van der Waals surface area contributed by atoms with Crippen LogP contribution in [0.2, 0.25) is 0 Å². The topological polar surface area (TPSA) is 109 Å². The molecule has 5 nitrogen and oxygen atoms in total. The van der Waals surface area contributed by atoms with Crippen LogP contribution in [0.1, 0.15) is 17.2 Å². The van der Waals surface area contributed by atoms with Crippen molar-refractivity contribution in [1.82, 2.24) is 4.98 Å². The largest absolute Gasteiger partial charge is 0.394 e. The number of hydrogen-bond donors (Lipinski definition) is 3. The van der Waals surface area contributed by atoms with Crippen LogP contribution in [0.5, 0.6) is 0 Å². The average Bonchev–Trinajstić information content (AvgIpc) is 2.17. The van der Waals surface area contributed by atoms with Gasteiger partial charge in [-0.15, -0.1) is 0 Å². The van der Waals surface area contributed by atoms with E-state index in [1.54, 1.807) is 0 Å². The molecule has 1 aromatic rings. The second-order valence-electron chi connectivity index (χ2n) is 2.60. The first-order chi connectivity index (χ1) is 6.19. The van der Waals surface area contributed by atoms with Gasteiger partial charge in [-0.25, -0.2) is 4.98 Å². The molecule has 5 N–H and O–H groups in total. The number of nitrogen functional groups attached to an aromatic ring is 1. The van der Waals surface area contributed by atoms with Crippen molar-refractivity contribution in [2.75, 3.05) is 12.3 Å². The number of nitrogens with zero attached hydrogens (tertiary/aromatic N) is 2. The number of aliphatic hydroxyl groups is 1. The Kier molecular flexibility index (Phi) is 2.80. The fourth-order valence-corrected chi connectivity index (χ4v) is 0.889. The van der Waals surface area contributed by atoms with E-state index in [2.05, 4.69) is 4.98 Å². The zero-order valence-electron chi connectivity index (χ0n) is 6.94. The summed E-state index contributed by atoms with van der Waals surface area (Å²) >= 11 is 0. The van der Waals surface area contributed by atoms with Gasteiger partial charge in [0.05, 0.1) is 18.2 Å². The van der Waals surface area contributed by atoms with Crippen molar-refractivity contribution in [3.63, 3.8) is 0 Å². The van der Waals surface area contributed by atoms with Crippen LogP contribution >= 0.6 is 0 Å². The van der Waals surface area contributed by atoms with Gasteiger partial charge in [-0.1, -0.05) is 0 Å². The van der Waals surface area contributed by atoms with Crippen LogP contribution in [0.4, 0.5) is 5.82 Å². The quantitative estimate of drug-likeness (QED) is 0.567.